The second-order valence-corrected chi connectivity index (χ2v) is 11.7. The maximum absolute atomic E-state index is 14.3. The fraction of sp³-hybridized carbons (Fsp3) is 0.826. The summed E-state index contributed by atoms with van der Waals surface area (Å²) >= 11 is 0. The molecule has 7 heteroatoms. The molecule has 4 aliphatic carbocycles. The summed E-state index contributed by atoms with van der Waals surface area (Å²) in [5.74, 6) is -3.15. The first-order valence-corrected chi connectivity index (χ1v) is 11.2. The molecule has 4 spiro atoms. The highest BCUT2D eigenvalue weighted by atomic mass is 16.8. The van der Waals surface area contributed by atoms with Crippen LogP contribution in [0.4, 0.5) is 0 Å². The van der Waals surface area contributed by atoms with Gasteiger partial charge in [0.15, 0.2) is 17.4 Å². The molecule has 162 valence electrons. The minimum absolute atomic E-state index is 0.00791. The number of nitrogens with one attached hydrogen (secondary N) is 1. The van der Waals surface area contributed by atoms with Crippen molar-refractivity contribution in [2.45, 2.75) is 69.9 Å². The lowest BCUT2D eigenvalue weighted by atomic mass is 9.36. The number of fused-ring (bicyclic) bond motifs is 2. The van der Waals surface area contributed by atoms with E-state index in [-0.39, 0.29) is 35.9 Å². The van der Waals surface area contributed by atoms with Gasteiger partial charge in [0.2, 0.25) is 5.79 Å². The number of aliphatic hydroxyl groups is 1. The van der Waals surface area contributed by atoms with Crippen LogP contribution in [0.15, 0.2) is 12.2 Å². The van der Waals surface area contributed by atoms with Gasteiger partial charge in [-0.1, -0.05) is 19.9 Å². The Bertz CT molecular complexity index is 951. The van der Waals surface area contributed by atoms with E-state index in [1.54, 1.807) is 6.08 Å². The maximum atomic E-state index is 14.3. The zero-order chi connectivity index (χ0) is 21.1. The average Bonchev–Trinajstić information content (AvgIpc) is 3.45. The predicted molar refractivity (Wildman–Crippen MR) is 103 cm³/mol. The second-order valence-electron chi connectivity index (χ2n) is 11.7. The van der Waals surface area contributed by atoms with Crippen LogP contribution in [0.3, 0.4) is 0 Å². The zero-order valence-electron chi connectivity index (χ0n) is 17.9. The van der Waals surface area contributed by atoms with E-state index in [2.05, 4.69) is 19.2 Å². The van der Waals surface area contributed by atoms with E-state index in [4.69, 9.17) is 14.2 Å². The Labute approximate surface area is 175 Å². The lowest BCUT2D eigenvalue weighted by Crippen LogP contribution is -2.88. The molecule has 4 bridgehead atoms. The molecule has 4 saturated heterocycles. The van der Waals surface area contributed by atoms with E-state index >= 15 is 0 Å². The van der Waals surface area contributed by atoms with Gasteiger partial charge >= 0.3 is 0 Å². The van der Waals surface area contributed by atoms with Crippen LogP contribution in [-0.4, -0.2) is 59.1 Å². The second kappa shape index (κ2) is 4.64. The third-order valence-corrected chi connectivity index (χ3v) is 9.82. The number of ketones is 2. The fourth-order valence-corrected chi connectivity index (χ4v) is 9.00. The van der Waals surface area contributed by atoms with Gasteiger partial charge in [-0.2, -0.15) is 0 Å². The first-order chi connectivity index (χ1) is 14.0. The van der Waals surface area contributed by atoms with Crippen molar-refractivity contribution in [3.63, 3.8) is 0 Å². The molecular formula is C23H29NO6. The van der Waals surface area contributed by atoms with Gasteiger partial charge in [-0.05, 0) is 44.1 Å². The number of Topliss-reactive ketones (excluding diaryl/α,β-unsaturated/α-hetero) is 1. The molecule has 8 aliphatic rings. The molecule has 0 radical (unpaired) electrons. The van der Waals surface area contributed by atoms with Gasteiger partial charge in [0.1, 0.15) is 11.5 Å². The number of carbonyl (C=O) groups is 2. The number of carbonyl (C=O) groups excluding carboxylic acids is 2. The van der Waals surface area contributed by atoms with Crippen LogP contribution in [0.25, 0.3) is 0 Å². The quantitative estimate of drug-likeness (QED) is 0.568. The minimum atomic E-state index is -1.50. The molecule has 7 fully saturated rings. The van der Waals surface area contributed by atoms with Crippen molar-refractivity contribution in [2.24, 2.45) is 34.0 Å². The van der Waals surface area contributed by atoms with Crippen molar-refractivity contribution in [1.29, 1.82) is 0 Å². The molecule has 3 saturated carbocycles. The number of hydrogen-bond acceptors (Lipinski definition) is 7. The summed E-state index contributed by atoms with van der Waals surface area (Å²) in [5, 5.41) is 15.3. The molecule has 30 heavy (non-hydrogen) atoms. The van der Waals surface area contributed by atoms with Crippen molar-refractivity contribution < 1.29 is 28.9 Å². The molecule has 0 aromatic rings. The fourth-order valence-electron chi connectivity index (χ4n) is 9.00. The Morgan fingerprint density at radius 3 is 2.60 bits per heavy atom. The van der Waals surface area contributed by atoms with E-state index in [0.29, 0.717) is 6.54 Å². The molecule has 0 aromatic heterocycles. The maximum Gasteiger partial charge on any atom is 0.213 e. The molecule has 0 amide bonds. The molecule has 4 aliphatic heterocycles. The van der Waals surface area contributed by atoms with Crippen LogP contribution in [0.5, 0.6) is 0 Å². The Hall–Kier alpha value is -1.12. The van der Waals surface area contributed by atoms with Gasteiger partial charge in [-0.15, -0.1) is 0 Å². The van der Waals surface area contributed by atoms with E-state index < -0.39 is 45.6 Å². The van der Waals surface area contributed by atoms with E-state index in [0.717, 1.165) is 12.8 Å². The van der Waals surface area contributed by atoms with Crippen molar-refractivity contribution in [1.82, 2.24) is 5.32 Å². The number of aliphatic hydroxyl groups excluding tert-OH is 1. The molecule has 0 aromatic carbocycles. The van der Waals surface area contributed by atoms with E-state index in [1.165, 1.54) is 0 Å². The van der Waals surface area contributed by atoms with Crippen LogP contribution < -0.4 is 5.32 Å². The topological polar surface area (TPSA) is 104 Å². The summed E-state index contributed by atoms with van der Waals surface area (Å²) in [6.07, 6.45) is 3.59. The summed E-state index contributed by atoms with van der Waals surface area (Å²) in [5.41, 5.74) is -3.17. The first kappa shape index (κ1) is 18.5. The van der Waals surface area contributed by atoms with Crippen LogP contribution >= 0.6 is 0 Å². The summed E-state index contributed by atoms with van der Waals surface area (Å²) in [4.78, 5) is 27.9. The Morgan fingerprint density at radius 2 is 1.90 bits per heavy atom. The third-order valence-electron chi connectivity index (χ3n) is 9.82. The molecule has 7 nitrogen and oxygen atoms in total. The highest BCUT2D eigenvalue weighted by Gasteiger charge is 2.93. The van der Waals surface area contributed by atoms with Crippen LogP contribution in [-0.2, 0) is 23.8 Å². The molecule has 8 rings (SSSR count). The van der Waals surface area contributed by atoms with Gasteiger partial charge in [0, 0.05) is 18.4 Å². The zero-order valence-corrected chi connectivity index (χ0v) is 17.9. The van der Waals surface area contributed by atoms with Crippen LogP contribution in [0, 0.1) is 34.0 Å². The lowest BCUT2D eigenvalue weighted by Gasteiger charge is -2.75. The molecule has 4 heterocycles. The number of ether oxygens (including phenoxy) is 3. The van der Waals surface area contributed by atoms with Crippen LogP contribution in [0.2, 0.25) is 0 Å². The van der Waals surface area contributed by atoms with Crippen molar-refractivity contribution in [3.8, 4) is 0 Å². The Balaban J connectivity index is 1.57. The minimum Gasteiger partial charge on any atom is -0.387 e. The van der Waals surface area contributed by atoms with Crippen molar-refractivity contribution >= 4 is 11.6 Å². The van der Waals surface area contributed by atoms with Gasteiger partial charge in [0.05, 0.1) is 23.7 Å². The number of hydrogen-bond donors (Lipinski definition) is 2. The average molecular weight is 415 g/mol. The molecular weight excluding hydrogens is 386 g/mol. The predicted octanol–water partition coefficient (Wildman–Crippen LogP) is 0.944. The number of rotatable bonds is 0. The third kappa shape index (κ3) is 1.49. The Morgan fingerprint density at radius 1 is 1.17 bits per heavy atom. The van der Waals surface area contributed by atoms with Crippen LogP contribution in [0.1, 0.15) is 40.5 Å². The molecule has 4 unspecified atom stereocenters. The smallest absolute Gasteiger partial charge is 0.213 e. The largest absolute Gasteiger partial charge is 0.387 e. The highest BCUT2D eigenvalue weighted by molar-refractivity contribution is 6.05. The normalized spacial score (nSPS) is 60.5. The summed E-state index contributed by atoms with van der Waals surface area (Å²) in [6, 6.07) is 0. The SMILES string of the molecule is CC1(C)OC2[C@H]3CCC4[C@@]56CO[C@](O1)([C@@H](O)C5C(C)(C)C=CC6=O)[C@@]24C(=O)C31CN1. The standard InChI is InChI=1S/C23H29NO6/c1-18(2)8-7-13(25)20-10-28-23(15(26)14(18)20)22-12(20)6-5-11(21(9-24-21)17(22)27)16(22)29-19(3,4)30-23/h7-8,11-12,14-16,24,26H,5-6,9-10H2,1-4H3/t11-,12?,14?,15+,16?,20-,21?,22-,23+/m1/s1. The van der Waals surface area contributed by atoms with Crippen molar-refractivity contribution in [2.75, 3.05) is 13.2 Å². The molecule has 2 N–H and O–H groups in total. The van der Waals surface area contributed by atoms with Gasteiger partial charge in [-0.3, -0.25) is 9.59 Å². The summed E-state index contributed by atoms with van der Waals surface area (Å²) in [7, 11) is 0. The van der Waals surface area contributed by atoms with Gasteiger partial charge in [-0.25, -0.2) is 0 Å². The van der Waals surface area contributed by atoms with E-state index in [1.807, 2.05) is 19.9 Å². The van der Waals surface area contributed by atoms with Gasteiger partial charge < -0.3 is 24.6 Å². The Kier molecular flexibility index (Phi) is 2.85. The van der Waals surface area contributed by atoms with Crippen molar-refractivity contribution in [3.05, 3.63) is 12.2 Å². The lowest BCUT2D eigenvalue weighted by molar-refractivity contribution is -0.522. The van der Waals surface area contributed by atoms with E-state index in [9.17, 15) is 14.7 Å². The summed E-state index contributed by atoms with van der Waals surface area (Å²) in [6.45, 7) is 8.58. The van der Waals surface area contributed by atoms with Gasteiger partial charge in [0.25, 0.3) is 0 Å². The molecule has 9 atom stereocenters. The summed E-state index contributed by atoms with van der Waals surface area (Å²) < 4.78 is 19.4. The first-order valence-electron chi connectivity index (χ1n) is 11.2. The number of allylic oxidation sites excluding steroid dienone is 2. The monoisotopic (exact) mass is 415 g/mol. The highest BCUT2D eigenvalue weighted by Crippen LogP contribution is 2.79.